The zero-order valence-corrected chi connectivity index (χ0v) is 12.7. The second kappa shape index (κ2) is 6.35. The van der Waals surface area contributed by atoms with Crippen molar-refractivity contribution in [3.8, 4) is 5.75 Å². The molecule has 0 amide bonds. The van der Waals surface area contributed by atoms with Gasteiger partial charge in [-0.15, -0.1) is 0 Å². The van der Waals surface area contributed by atoms with Gasteiger partial charge < -0.3 is 14.0 Å². The number of benzene rings is 2. The number of aromatic nitrogens is 2. The molecule has 3 aromatic rings. The molecule has 0 N–H and O–H groups in total. The molecule has 22 heavy (non-hydrogen) atoms. The molecule has 112 valence electrons. The Labute approximate surface area is 129 Å². The van der Waals surface area contributed by atoms with Gasteiger partial charge in [-0.25, -0.2) is 4.98 Å². The Bertz CT molecular complexity index is 788. The molecule has 0 spiro atoms. The molecule has 0 saturated carbocycles. The van der Waals surface area contributed by atoms with Crippen molar-refractivity contribution in [1.82, 2.24) is 9.55 Å². The number of hydrogen-bond donors (Lipinski definition) is 0. The molecule has 2 aromatic carbocycles. The highest BCUT2D eigenvalue weighted by Gasteiger charge is 2.07. The van der Waals surface area contributed by atoms with E-state index >= 15 is 0 Å². The molecule has 3 rings (SSSR count). The van der Waals surface area contributed by atoms with Gasteiger partial charge in [0.2, 0.25) is 0 Å². The summed E-state index contributed by atoms with van der Waals surface area (Å²) in [5.41, 5.74) is 3.17. The molecule has 0 aliphatic carbocycles. The molecule has 0 aliphatic heterocycles. The third-order valence-corrected chi connectivity index (χ3v) is 3.52. The van der Waals surface area contributed by atoms with Gasteiger partial charge in [-0.1, -0.05) is 24.3 Å². The number of para-hydroxylation sites is 2. The molecule has 4 heteroatoms. The first-order chi connectivity index (χ1) is 10.8. The topological polar surface area (TPSA) is 36.3 Å². The first-order valence-electron chi connectivity index (χ1n) is 7.10. The maximum atomic E-state index is 5.82. The molecule has 1 aromatic heterocycles. The van der Waals surface area contributed by atoms with E-state index in [9.17, 15) is 0 Å². The van der Waals surface area contributed by atoms with Gasteiger partial charge in [0.1, 0.15) is 18.2 Å². The number of aryl methyl sites for hydroxylation is 1. The smallest absolute Gasteiger partial charge is 0.147 e. The summed E-state index contributed by atoms with van der Waals surface area (Å²) in [6, 6.07) is 15.9. The number of imidazole rings is 1. The van der Waals surface area contributed by atoms with E-state index in [0.717, 1.165) is 28.2 Å². The van der Waals surface area contributed by atoms with Crippen LogP contribution in [0.4, 0.5) is 0 Å². The van der Waals surface area contributed by atoms with E-state index in [1.165, 1.54) is 0 Å². The van der Waals surface area contributed by atoms with E-state index in [0.29, 0.717) is 6.61 Å². The fraction of sp³-hybridized carbons (Fsp3) is 0.167. The summed E-state index contributed by atoms with van der Waals surface area (Å²) < 4.78 is 12.8. The van der Waals surface area contributed by atoms with E-state index in [1.54, 1.807) is 13.4 Å². The van der Waals surface area contributed by atoms with Crippen molar-refractivity contribution in [1.29, 1.82) is 0 Å². The predicted molar refractivity (Wildman–Crippen MR) is 87.5 cm³/mol. The fourth-order valence-electron chi connectivity index (χ4n) is 2.29. The first-order valence-corrected chi connectivity index (χ1v) is 7.10. The first kappa shape index (κ1) is 14.2. The third-order valence-electron chi connectivity index (χ3n) is 3.52. The molecule has 1 heterocycles. The highest BCUT2D eigenvalue weighted by Crippen LogP contribution is 2.18. The maximum absolute atomic E-state index is 5.82. The molecule has 0 fully saturated rings. The summed E-state index contributed by atoms with van der Waals surface area (Å²) in [5.74, 6) is 1.73. The van der Waals surface area contributed by atoms with E-state index < -0.39 is 0 Å². The molecular formula is C18H18N2O2. The van der Waals surface area contributed by atoms with Crippen LogP contribution in [0.2, 0.25) is 0 Å². The fourth-order valence-corrected chi connectivity index (χ4v) is 2.29. The Kier molecular flexibility index (Phi) is 4.10. The van der Waals surface area contributed by atoms with Crippen molar-refractivity contribution in [2.45, 2.75) is 6.61 Å². The molecule has 0 atom stereocenters. The highest BCUT2D eigenvalue weighted by molar-refractivity contribution is 5.75. The predicted octanol–water partition coefficient (Wildman–Crippen LogP) is 3.77. The summed E-state index contributed by atoms with van der Waals surface area (Å²) in [4.78, 5) is 4.60. The van der Waals surface area contributed by atoms with Crippen LogP contribution in [0, 0.1) is 0 Å². The SMILES string of the molecule is COC=Cc1ccc(OCc2nc3ccccc3n2C)cc1. The Hall–Kier alpha value is -2.75. The van der Waals surface area contributed by atoms with Crippen LogP contribution in [-0.2, 0) is 18.4 Å². The Morgan fingerprint density at radius 3 is 2.59 bits per heavy atom. The Morgan fingerprint density at radius 1 is 1.09 bits per heavy atom. The van der Waals surface area contributed by atoms with Gasteiger partial charge in [-0.05, 0) is 35.9 Å². The van der Waals surface area contributed by atoms with Gasteiger partial charge in [0, 0.05) is 7.05 Å². The summed E-state index contributed by atoms with van der Waals surface area (Å²) in [5, 5.41) is 0. The van der Waals surface area contributed by atoms with Gasteiger partial charge in [0.05, 0.1) is 24.4 Å². The van der Waals surface area contributed by atoms with E-state index in [2.05, 4.69) is 15.6 Å². The normalized spacial score (nSPS) is 11.2. The summed E-state index contributed by atoms with van der Waals surface area (Å²) in [6.07, 6.45) is 3.55. The average Bonchev–Trinajstić information content (AvgIpc) is 2.88. The van der Waals surface area contributed by atoms with Crippen LogP contribution in [-0.4, -0.2) is 16.7 Å². The van der Waals surface area contributed by atoms with E-state index in [1.807, 2.05) is 55.6 Å². The van der Waals surface area contributed by atoms with Gasteiger partial charge in [0.25, 0.3) is 0 Å². The van der Waals surface area contributed by atoms with Crippen LogP contribution in [0.25, 0.3) is 17.1 Å². The van der Waals surface area contributed by atoms with Gasteiger partial charge in [-0.3, -0.25) is 0 Å². The molecular weight excluding hydrogens is 276 g/mol. The molecule has 0 aliphatic rings. The quantitative estimate of drug-likeness (QED) is 0.672. The van der Waals surface area contributed by atoms with Crippen LogP contribution >= 0.6 is 0 Å². The lowest BCUT2D eigenvalue weighted by Crippen LogP contribution is -2.03. The second-order valence-electron chi connectivity index (χ2n) is 4.97. The van der Waals surface area contributed by atoms with Crippen molar-refractivity contribution in [2.24, 2.45) is 7.05 Å². The zero-order chi connectivity index (χ0) is 15.4. The van der Waals surface area contributed by atoms with Gasteiger partial charge >= 0.3 is 0 Å². The minimum Gasteiger partial charge on any atom is -0.504 e. The lowest BCUT2D eigenvalue weighted by molar-refractivity contribution is 0.292. The number of fused-ring (bicyclic) bond motifs is 1. The van der Waals surface area contributed by atoms with Crippen LogP contribution in [0.3, 0.4) is 0 Å². The molecule has 4 nitrogen and oxygen atoms in total. The van der Waals surface area contributed by atoms with E-state index in [-0.39, 0.29) is 0 Å². The highest BCUT2D eigenvalue weighted by atomic mass is 16.5. The average molecular weight is 294 g/mol. The molecule has 0 radical (unpaired) electrons. The lowest BCUT2D eigenvalue weighted by Gasteiger charge is -2.06. The van der Waals surface area contributed by atoms with Crippen molar-refractivity contribution in [3.63, 3.8) is 0 Å². The lowest BCUT2D eigenvalue weighted by atomic mass is 10.2. The molecule has 0 saturated heterocycles. The minimum absolute atomic E-state index is 0.443. The number of ether oxygens (including phenoxy) is 2. The van der Waals surface area contributed by atoms with Crippen LogP contribution < -0.4 is 4.74 Å². The Balaban J connectivity index is 1.71. The van der Waals surface area contributed by atoms with Crippen LogP contribution in [0.1, 0.15) is 11.4 Å². The standard InChI is InChI=1S/C18H18N2O2/c1-20-17-6-4-3-5-16(17)19-18(20)13-22-15-9-7-14(8-10-15)11-12-21-2/h3-12H,13H2,1-2H3. The van der Waals surface area contributed by atoms with Crippen LogP contribution in [0.15, 0.2) is 54.8 Å². The molecule has 0 bridgehead atoms. The summed E-state index contributed by atoms with van der Waals surface area (Å²) in [7, 11) is 3.64. The van der Waals surface area contributed by atoms with Crippen molar-refractivity contribution < 1.29 is 9.47 Å². The van der Waals surface area contributed by atoms with Crippen molar-refractivity contribution >= 4 is 17.1 Å². The third kappa shape index (κ3) is 2.96. The van der Waals surface area contributed by atoms with E-state index in [4.69, 9.17) is 9.47 Å². The zero-order valence-electron chi connectivity index (χ0n) is 12.7. The van der Waals surface area contributed by atoms with Crippen molar-refractivity contribution in [2.75, 3.05) is 7.11 Å². The summed E-state index contributed by atoms with van der Waals surface area (Å²) in [6.45, 7) is 0.443. The monoisotopic (exact) mass is 294 g/mol. The van der Waals surface area contributed by atoms with Gasteiger partial charge in [-0.2, -0.15) is 0 Å². The van der Waals surface area contributed by atoms with Crippen LogP contribution in [0.5, 0.6) is 5.75 Å². The number of hydrogen-bond acceptors (Lipinski definition) is 3. The largest absolute Gasteiger partial charge is 0.504 e. The Morgan fingerprint density at radius 2 is 1.86 bits per heavy atom. The van der Waals surface area contributed by atoms with Gasteiger partial charge in [0.15, 0.2) is 0 Å². The second-order valence-corrected chi connectivity index (χ2v) is 4.97. The number of methoxy groups -OCH3 is 1. The minimum atomic E-state index is 0.443. The number of rotatable bonds is 5. The molecule has 0 unspecified atom stereocenters. The summed E-state index contributed by atoms with van der Waals surface area (Å²) >= 11 is 0. The maximum Gasteiger partial charge on any atom is 0.147 e. The van der Waals surface area contributed by atoms with Crippen molar-refractivity contribution in [3.05, 3.63) is 66.2 Å². The number of nitrogens with zero attached hydrogens (tertiary/aromatic N) is 2.